The van der Waals surface area contributed by atoms with E-state index in [2.05, 4.69) is 10.3 Å². The molecule has 0 saturated carbocycles. The van der Waals surface area contributed by atoms with Crippen LogP contribution in [0.25, 0.3) is 10.8 Å². The maximum atomic E-state index is 11.8. The molecule has 1 heterocycles. The number of fused-ring (bicyclic) bond motifs is 1. The van der Waals surface area contributed by atoms with Crippen LogP contribution in [0.2, 0.25) is 5.15 Å². The molecule has 0 unspecified atom stereocenters. The summed E-state index contributed by atoms with van der Waals surface area (Å²) in [6.07, 6.45) is 3.16. The first-order valence-electron chi connectivity index (χ1n) is 6.97. The lowest BCUT2D eigenvalue weighted by Gasteiger charge is -2.18. The molecule has 0 aliphatic carbocycles. The number of allylic oxidation sites excluding steroid dienone is 1. The molecule has 5 heteroatoms. The van der Waals surface area contributed by atoms with Crippen molar-refractivity contribution in [2.75, 3.05) is 5.32 Å². The first kappa shape index (κ1) is 16.3. The number of esters is 1. The van der Waals surface area contributed by atoms with Crippen molar-refractivity contribution >= 4 is 34.0 Å². The number of pyridine rings is 1. The number of carbonyl (C=O) groups excluding carboxylic acids is 1. The minimum atomic E-state index is -0.507. The van der Waals surface area contributed by atoms with Gasteiger partial charge in [0, 0.05) is 34.4 Å². The van der Waals surface area contributed by atoms with E-state index in [1.54, 1.807) is 12.3 Å². The first-order valence-corrected chi connectivity index (χ1v) is 7.35. The molecular weight excluding hydrogens is 300 g/mol. The number of halogens is 1. The predicted molar refractivity (Wildman–Crippen MR) is 90.0 cm³/mol. The fraction of sp³-hybridized carbons (Fsp3) is 0.294. The SMILES string of the molecule is CC(=CC(=O)OC(C)(C)C)Nc1cccc2cnc(Cl)cc12. The maximum Gasteiger partial charge on any atom is 0.333 e. The van der Waals surface area contributed by atoms with E-state index in [-0.39, 0.29) is 5.97 Å². The average Bonchev–Trinajstić information content (AvgIpc) is 2.37. The average molecular weight is 319 g/mol. The second kappa shape index (κ2) is 6.36. The minimum Gasteiger partial charge on any atom is -0.457 e. The van der Waals surface area contributed by atoms with Gasteiger partial charge in [0.1, 0.15) is 10.8 Å². The van der Waals surface area contributed by atoms with Crippen LogP contribution >= 0.6 is 11.6 Å². The zero-order chi connectivity index (χ0) is 16.3. The van der Waals surface area contributed by atoms with Gasteiger partial charge in [-0.25, -0.2) is 9.78 Å². The number of nitrogens with zero attached hydrogens (tertiary/aromatic N) is 1. The van der Waals surface area contributed by atoms with Gasteiger partial charge in [-0.15, -0.1) is 0 Å². The zero-order valence-electron chi connectivity index (χ0n) is 13.1. The minimum absolute atomic E-state index is 0.377. The van der Waals surface area contributed by atoms with Crippen LogP contribution in [0.15, 0.2) is 42.2 Å². The first-order chi connectivity index (χ1) is 10.2. The Balaban J connectivity index is 2.23. The number of nitrogens with one attached hydrogen (secondary N) is 1. The molecule has 0 atom stereocenters. The highest BCUT2D eigenvalue weighted by molar-refractivity contribution is 6.30. The van der Waals surface area contributed by atoms with Crippen molar-refractivity contribution in [3.8, 4) is 0 Å². The Morgan fingerprint density at radius 1 is 1.36 bits per heavy atom. The Morgan fingerprint density at radius 2 is 2.09 bits per heavy atom. The van der Waals surface area contributed by atoms with Crippen LogP contribution in [0.5, 0.6) is 0 Å². The van der Waals surface area contributed by atoms with E-state index in [1.807, 2.05) is 45.9 Å². The van der Waals surface area contributed by atoms with Gasteiger partial charge < -0.3 is 10.1 Å². The monoisotopic (exact) mass is 318 g/mol. The molecule has 1 N–H and O–H groups in total. The van der Waals surface area contributed by atoms with Crippen molar-refractivity contribution in [3.63, 3.8) is 0 Å². The van der Waals surface area contributed by atoms with Crippen LogP contribution in [0.3, 0.4) is 0 Å². The van der Waals surface area contributed by atoms with Gasteiger partial charge in [-0.3, -0.25) is 0 Å². The van der Waals surface area contributed by atoms with Gasteiger partial charge in [-0.1, -0.05) is 23.7 Å². The van der Waals surface area contributed by atoms with Crippen molar-refractivity contribution < 1.29 is 9.53 Å². The van der Waals surface area contributed by atoms with E-state index in [0.29, 0.717) is 10.9 Å². The van der Waals surface area contributed by atoms with E-state index < -0.39 is 5.60 Å². The van der Waals surface area contributed by atoms with Crippen LogP contribution in [-0.4, -0.2) is 16.6 Å². The van der Waals surface area contributed by atoms with Gasteiger partial charge in [0.05, 0.1) is 0 Å². The van der Waals surface area contributed by atoms with Crippen molar-refractivity contribution in [3.05, 3.63) is 47.4 Å². The van der Waals surface area contributed by atoms with Crippen molar-refractivity contribution in [2.24, 2.45) is 0 Å². The van der Waals surface area contributed by atoms with Crippen molar-refractivity contribution in [2.45, 2.75) is 33.3 Å². The highest BCUT2D eigenvalue weighted by Crippen LogP contribution is 2.26. The largest absolute Gasteiger partial charge is 0.457 e. The number of benzene rings is 1. The van der Waals surface area contributed by atoms with Crippen LogP contribution in [0.1, 0.15) is 27.7 Å². The third-order valence-corrected chi connectivity index (χ3v) is 3.01. The van der Waals surface area contributed by atoms with E-state index in [4.69, 9.17) is 16.3 Å². The quantitative estimate of drug-likeness (QED) is 0.512. The molecule has 116 valence electrons. The Morgan fingerprint density at radius 3 is 2.77 bits per heavy atom. The Kier molecular flexibility index (Phi) is 4.71. The fourth-order valence-corrected chi connectivity index (χ4v) is 2.17. The Labute approximate surface area is 135 Å². The Bertz CT molecular complexity index is 733. The zero-order valence-corrected chi connectivity index (χ0v) is 13.9. The van der Waals surface area contributed by atoms with Crippen LogP contribution in [-0.2, 0) is 9.53 Å². The lowest BCUT2D eigenvalue weighted by molar-refractivity contribution is -0.148. The molecule has 0 bridgehead atoms. The second-order valence-electron chi connectivity index (χ2n) is 6.02. The topological polar surface area (TPSA) is 51.2 Å². The number of hydrogen-bond acceptors (Lipinski definition) is 4. The molecule has 1 aromatic carbocycles. The lowest BCUT2D eigenvalue weighted by atomic mass is 10.1. The molecule has 22 heavy (non-hydrogen) atoms. The van der Waals surface area contributed by atoms with Crippen molar-refractivity contribution in [1.29, 1.82) is 0 Å². The number of rotatable bonds is 3. The number of aromatic nitrogens is 1. The summed E-state index contributed by atoms with van der Waals surface area (Å²) in [6, 6.07) is 7.59. The molecule has 1 aromatic heterocycles. The lowest BCUT2D eigenvalue weighted by Crippen LogP contribution is -2.23. The Hall–Kier alpha value is -2.07. The third kappa shape index (κ3) is 4.46. The molecule has 0 radical (unpaired) electrons. The molecule has 2 aromatic rings. The summed E-state index contributed by atoms with van der Waals surface area (Å²) in [5, 5.41) is 5.54. The van der Waals surface area contributed by atoms with E-state index >= 15 is 0 Å². The van der Waals surface area contributed by atoms with E-state index in [9.17, 15) is 4.79 Å². The van der Waals surface area contributed by atoms with Crippen LogP contribution < -0.4 is 5.32 Å². The molecule has 0 fully saturated rings. The van der Waals surface area contributed by atoms with Gasteiger partial charge >= 0.3 is 5.97 Å². The van der Waals surface area contributed by atoms with Crippen LogP contribution in [0, 0.1) is 0 Å². The van der Waals surface area contributed by atoms with Gasteiger partial charge in [0.15, 0.2) is 0 Å². The van der Waals surface area contributed by atoms with Crippen LogP contribution in [0.4, 0.5) is 5.69 Å². The van der Waals surface area contributed by atoms with Crippen molar-refractivity contribution in [1.82, 2.24) is 4.98 Å². The molecule has 0 spiro atoms. The molecule has 4 nitrogen and oxygen atoms in total. The highest BCUT2D eigenvalue weighted by Gasteiger charge is 2.14. The summed E-state index contributed by atoms with van der Waals surface area (Å²) in [5.74, 6) is -0.377. The molecular formula is C17H19ClN2O2. The maximum absolute atomic E-state index is 11.8. The fourth-order valence-electron chi connectivity index (χ4n) is 2.01. The summed E-state index contributed by atoms with van der Waals surface area (Å²) in [5.41, 5.74) is 1.04. The summed E-state index contributed by atoms with van der Waals surface area (Å²) < 4.78 is 5.27. The number of carbonyl (C=O) groups is 1. The predicted octanol–water partition coefficient (Wildman–Crippen LogP) is 4.55. The summed E-state index contributed by atoms with van der Waals surface area (Å²) in [4.78, 5) is 15.9. The second-order valence-corrected chi connectivity index (χ2v) is 6.41. The molecule has 0 amide bonds. The summed E-state index contributed by atoms with van der Waals surface area (Å²) >= 11 is 5.96. The highest BCUT2D eigenvalue weighted by atomic mass is 35.5. The molecule has 0 saturated heterocycles. The smallest absolute Gasteiger partial charge is 0.333 e. The van der Waals surface area contributed by atoms with Gasteiger partial charge in [-0.2, -0.15) is 0 Å². The summed E-state index contributed by atoms with van der Waals surface area (Å²) in [7, 11) is 0. The normalized spacial score (nSPS) is 12.3. The van der Waals surface area contributed by atoms with Gasteiger partial charge in [0.2, 0.25) is 0 Å². The van der Waals surface area contributed by atoms with E-state index in [0.717, 1.165) is 16.5 Å². The number of ether oxygens (including phenoxy) is 1. The van der Waals surface area contributed by atoms with Gasteiger partial charge in [0.25, 0.3) is 0 Å². The molecule has 2 rings (SSSR count). The molecule has 0 aliphatic heterocycles. The summed E-state index contributed by atoms with van der Waals surface area (Å²) in [6.45, 7) is 7.31. The van der Waals surface area contributed by atoms with Gasteiger partial charge in [-0.05, 0) is 39.8 Å². The standard InChI is InChI=1S/C17H19ClN2O2/c1-11(8-16(21)22-17(2,3)4)20-14-7-5-6-12-10-19-15(18)9-13(12)14/h5-10,20H,1-4H3. The molecule has 0 aliphatic rings. The number of anilines is 1. The number of hydrogen-bond donors (Lipinski definition) is 1. The third-order valence-electron chi connectivity index (χ3n) is 2.80. The van der Waals surface area contributed by atoms with E-state index in [1.165, 1.54) is 6.08 Å².